The normalized spacial score (nSPS) is 13.8. The molecule has 0 fully saturated rings. The van der Waals surface area contributed by atoms with E-state index >= 15 is 0 Å². The molecule has 8 nitrogen and oxygen atoms in total. The Kier molecular flexibility index (Phi) is 10.5. The zero-order chi connectivity index (χ0) is 27.8. The second-order valence-electron chi connectivity index (χ2n) is 10.5. The summed E-state index contributed by atoms with van der Waals surface area (Å²) in [6, 6.07) is 13.2. The van der Waals surface area contributed by atoms with Gasteiger partial charge in [-0.15, -0.1) is 0 Å². The topological polar surface area (TPSA) is 108 Å². The summed E-state index contributed by atoms with van der Waals surface area (Å²) in [6.07, 6.45) is 0.0251. The van der Waals surface area contributed by atoms with Crippen LogP contribution in [-0.4, -0.2) is 51.6 Å². The van der Waals surface area contributed by atoms with Crippen molar-refractivity contribution in [1.82, 2.24) is 15.5 Å². The Hall–Kier alpha value is -3.55. The van der Waals surface area contributed by atoms with E-state index in [2.05, 4.69) is 10.6 Å². The molecule has 0 aromatic heterocycles. The standard InChI is InChI=1S/C29H41N3O5/c1-8-20(4)32(25(26(34)30-19(2)3)22-16-12-13-17-24(22)33)27(35)23(18-21-14-10-9-11-15-21)31-28(36)37-29(5,6)7/h9-17,19-20,23,25,33H,8,18H2,1-7H3,(H,30,34)(H,31,36). The third-order valence-corrected chi connectivity index (χ3v) is 5.78. The number of alkyl carbamates (subject to hydrolysis) is 1. The highest BCUT2D eigenvalue weighted by molar-refractivity contribution is 5.93. The van der Waals surface area contributed by atoms with Gasteiger partial charge >= 0.3 is 6.09 Å². The van der Waals surface area contributed by atoms with Gasteiger partial charge in [0.2, 0.25) is 11.8 Å². The number of phenols is 1. The van der Waals surface area contributed by atoms with Crippen LogP contribution in [0.4, 0.5) is 4.79 Å². The molecule has 2 aromatic carbocycles. The Morgan fingerprint density at radius 2 is 1.54 bits per heavy atom. The molecule has 3 N–H and O–H groups in total. The number of para-hydroxylation sites is 1. The monoisotopic (exact) mass is 511 g/mol. The summed E-state index contributed by atoms with van der Waals surface area (Å²) in [5.41, 5.74) is 0.396. The van der Waals surface area contributed by atoms with E-state index in [9.17, 15) is 19.5 Å². The van der Waals surface area contributed by atoms with Crippen molar-refractivity contribution >= 4 is 17.9 Å². The number of rotatable bonds is 10. The maximum atomic E-state index is 14.3. The van der Waals surface area contributed by atoms with E-state index in [0.717, 1.165) is 5.56 Å². The number of nitrogens with one attached hydrogen (secondary N) is 2. The number of carbonyl (C=O) groups is 3. The highest BCUT2D eigenvalue weighted by Crippen LogP contribution is 2.32. The molecule has 0 aliphatic heterocycles. The molecular weight excluding hydrogens is 470 g/mol. The molecule has 0 aliphatic rings. The zero-order valence-electron chi connectivity index (χ0n) is 22.9. The van der Waals surface area contributed by atoms with Crippen LogP contribution in [0, 0.1) is 0 Å². The molecule has 0 bridgehead atoms. The van der Waals surface area contributed by atoms with Crippen molar-refractivity contribution in [2.24, 2.45) is 0 Å². The quantitative estimate of drug-likeness (QED) is 0.428. The van der Waals surface area contributed by atoms with E-state index in [-0.39, 0.29) is 24.3 Å². The first-order valence-corrected chi connectivity index (χ1v) is 12.8. The smallest absolute Gasteiger partial charge is 0.408 e. The fourth-order valence-corrected chi connectivity index (χ4v) is 3.97. The molecule has 0 spiro atoms. The Morgan fingerprint density at radius 1 is 0.946 bits per heavy atom. The van der Waals surface area contributed by atoms with Gasteiger partial charge in [0.15, 0.2) is 0 Å². The van der Waals surface area contributed by atoms with Gasteiger partial charge in [-0.1, -0.05) is 55.5 Å². The summed E-state index contributed by atoms with van der Waals surface area (Å²) in [6.45, 7) is 12.7. The number of hydrogen-bond donors (Lipinski definition) is 3. The third kappa shape index (κ3) is 8.81. The van der Waals surface area contributed by atoms with Gasteiger partial charge in [-0.25, -0.2) is 4.79 Å². The summed E-state index contributed by atoms with van der Waals surface area (Å²) in [5.74, 6) is -0.954. The Balaban J connectivity index is 2.58. The molecule has 202 valence electrons. The average Bonchev–Trinajstić information content (AvgIpc) is 2.81. The van der Waals surface area contributed by atoms with Crippen LogP contribution >= 0.6 is 0 Å². The van der Waals surface area contributed by atoms with Gasteiger partial charge in [-0.3, -0.25) is 9.59 Å². The van der Waals surface area contributed by atoms with Crippen molar-refractivity contribution < 1.29 is 24.2 Å². The van der Waals surface area contributed by atoms with Gasteiger partial charge in [0.1, 0.15) is 23.4 Å². The number of hydrogen-bond acceptors (Lipinski definition) is 5. The lowest BCUT2D eigenvalue weighted by Crippen LogP contribution is -2.56. The number of benzene rings is 2. The lowest BCUT2D eigenvalue weighted by atomic mass is 9.97. The summed E-state index contributed by atoms with van der Waals surface area (Å²) in [5, 5.41) is 16.3. The molecule has 0 saturated heterocycles. The Labute approximate surface area is 220 Å². The van der Waals surface area contributed by atoms with Crippen LogP contribution in [0.15, 0.2) is 54.6 Å². The van der Waals surface area contributed by atoms with E-state index in [4.69, 9.17) is 4.74 Å². The van der Waals surface area contributed by atoms with E-state index in [1.807, 2.05) is 58.0 Å². The maximum Gasteiger partial charge on any atom is 0.408 e. The predicted octanol–water partition coefficient (Wildman–Crippen LogP) is 4.72. The SMILES string of the molecule is CCC(C)N(C(=O)C(Cc1ccccc1)NC(=O)OC(C)(C)C)C(C(=O)NC(C)C)c1ccccc1O. The minimum Gasteiger partial charge on any atom is -0.508 e. The molecule has 8 heteroatoms. The molecule has 3 unspecified atom stereocenters. The zero-order valence-corrected chi connectivity index (χ0v) is 22.9. The van der Waals surface area contributed by atoms with Crippen molar-refractivity contribution in [2.45, 2.75) is 91.1 Å². The Morgan fingerprint density at radius 3 is 2.08 bits per heavy atom. The molecule has 0 heterocycles. The largest absolute Gasteiger partial charge is 0.508 e. The lowest BCUT2D eigenvalue weighted by molar-refractivity contribution is -0.145. The van der Waals surface area contributed by atoms with E-state index in [1.54, 1.807) is 39.0 Å². The van der Waals surface area contributed by atoms with Crippen LogP contribution in [0.2, 0.25) is 0 Å². The molecule has 0 radical (unpaired) electrons. The minimum atomic E-state index is -1.11. The van der Waals surface area contributed by atoms with Gasteiger partial charge in [-0.2, -0.15) is 0 Å². The number of aromatic hydroxyl groups is 1. The lowest BCUT2D eigenvalue weighted by Gasteiger charge is -2.38. The first kappa shape index (κ1) is 29.7. The first-order chi connectivity index (χ1) is 17.3. The predicted molar refractivity (Wildman–Crippen MR) is 144 cm³/mol. The number of carbonyl (C=O) groups excluding carboxylic acids is 3. The molecule has 2 rings (SSSR count). The van der Waals surface area contributed by atoms with Crippen molar-refractivity contribution in [2.75, 3.05) is 0 Å². The van der Waals surface area contributed by atoms with E-state index < -0.39 is 35.6 Å². The fourth-order valence-electron chi connectivity index (χ4n) is 3.97. The summed E-state index contributed by atoms with van der Waals surface area (Å²) < 4.78 is 5.45. The van der Waals surface area contributed by atoms with E-state index in [0.29, 0.717) is 12.0 Å². The number of amides is 3. The number of phenolic OH excluding ortho intramolecular Hbond substituents is 1. The van der Waals surface area contributed by atoms with Crippen molar-refractivity contribution in [3.63, 3.8) is 0 Å². The van der Waals surface area contributed by atoms with Crippen LogP contribution in [-0.2, 0) is 20.7 Å². The van der Waals surface area contributed by atoms with Crippen molar-refractivity contribution in [1.29, 1.82) is 0 Å². The summed E-state index contributed by atoms with van der Waals surface area (Å²) in [4.78, 5) is 42.0. The van der Waals surface area contributed by atoms with E-state index in [1.165, 1.54) is 11.0 Å². The molecule has 37 heavy (non-hydrogen) atoms. The molecule has 0 aliphatic carbocycles. The maximum absolute atomic E-state index is 14.3. The highest BCUT2D eigenvalue weighted by atomic mass is 16.6. The molecular formula is C29H41N3O5. The molecule has 3 atom stereocenters. The third-order valence-electron chi connectivity index (χ3n) is 5.78. The Bertz CT molecular complexity index is 1050. The van der Waals surface area contributed by atoms with Gasteiger partial charge in [0, 0.05) is 24.1 Å². The molecule has 2 aromatic rings. The first-order valence-electron chi connectivity index (χ1n) is 12.8. The fraction of sp³-hybridized carbons (Fsp3) is 0.483. The van der Waals surface area contributed by atoms with Crippen LogP contribution in [0.3, 0.4) is 0 Å². The van der Waals surface area contributed by atoms with Crippen molar-refractivity contribution in [3.05, 3.63) is 65.7 Å². The minimum absolute atomic E-state index is 0.0905. The number of nitrogens with zero attached hydrogens (tertiary/aromatic N) is 1. The van der Waals surface area contributed by atoms with Crippen LogP contribution in [0.25, 0.3) is 0 Å². The van der Waals surface area contributed by atoms with Crippen LogP contribution in [0.5, 0.6) is 5.75 Å². The van der Waals surface area contributed by atoms with Gasteiger partial charge in [-0.05, 0) is 59.6 Å². The summed E-state index contributed by atoms with van der Waals surface area (Å²) in [7, 11) is 0. The number of ether oxygens (including phenoxy) is 1. The average molecular weight is 512 g/mol. The molecule has 0 saturated carbocycles. The second-order valence-corrected chi connectivity index (χ2v) is 10.5. The second kappa shape index (κ2) is 13.1. The van der Waals surface area contributed by atoms with Gasteiger partial charge in [0.25, 0.3) is 0 Å². The van der Waals surface area contributed by atoms with Gasteiger partial charge in [0.05, 0.1) is 0 Å². The van der Waals surface area contributed by atoms with Gasteiger partial charge < -0.3 is 25.4 Å². The van der Waals surface area contributed by atoms with Crippen LogP contribution < -0.4 is 10.6 Å². The molecule has 3 amide bonds. The van der Waals surface area contributed by atoms with Crippen molar-refractivity contribution in [3.8, 4) is 5.75 Å². The summed E-state index contributed by atoms with van der Waals surface area (Å²) >= 11 is 0. The van der Waals surface area contributed by atoms with Crippen LogP contribution in [0.1, 0.15) is 72.1 Å². The highest BCUT2D eigenvalue weighted by Gasteiger charge is 2.39.